The van der Waals surface area contributed by atoms with E-state index in [0.29, 0.717) is 11.1 Å². The number of rotatable bonds is 5. The Morgan fingerprint density at radius 2 is 1.72 bits per heavy atom. The lowest BCUT2D eigenvalue weighted by atomic mass is 10.1. The summed E-state index contributed by atoms with van der Waals surface area (Å²) in [5.74, 6) is 0.450. The maximum atomic E-state index is 11.8. The maximum absolute atomic E-state index is 11.8. The van der Waals surface area contributed by atoms with E-state index in [4.69, 9.17) is 14.7 Å². The molecule has 0 bridgehead atoms. The van der Waals surface area contributed by atoms with Gasteiger partial charge in [0, 0.05) is 18.7 Å². The van der Waals surface area contributed by atoms with E-state index < -0.39 is 0 Å². The fourth-order valence-electron chi connectivity index (χ4n) is 2.82. The lowest BCUT2D eigenvalue weighted by Crippen LogP contribution is -2.24. The van der Waals surface area contributed by atoms with Crippen LogP contribution in [-0.2, 0) is 4.74 Å². The summed E-state index contributed by atoms with van der Waals surface area (Å²) < 4.78 is 4.80. The van der Waals surface area contributed by atoms with Crippen LogP contribution in [0, 0.1) is 0 Å². The molecule has 3 aromatic rings. The van der Waals surface area contributed by atoms with E-state index in [2.05, 4.69) is 18.7 Å². The van der Waals surface area contributed by atoms with Crippen LogP contribution in [0.25, 0.3) is 22.3 Å². The summed E-state index contributed by atoms with van der Waals surface area (Å²) in [6, 6.07) is 15.3. The van der Waals surface area contributed by atoms with Gasteiger partial charge < -0.3 is 9.64 Å². The van der Waals surface area contributed by atoms with E-state index in [-0.39, 0.29) is 5.97 Å². The normalized spacial score (nSPS) is 10.7. The number of nitrogens with zero attached hydrogens (tertiary/aromatic N) is 3. The van der Waals surface area contributed by atoms with Crippen molar-refractivity contribution in [1.29, 1.82) is 0 Å². The van der Waals surface area contributed by atoms with Gasteiger partial charge in [0.15, 0.2) is 5.82 Å². The molecule has 1 heterocycles. The molecule has 0 fully saturated rings. The van der Waals surface area contributed by atoms with Gasteiger partial charge in [0.25, 0.3) is 0 Å². The molecule has 3 rings (SSSR count). The predicted octanol–water partition coefficient (Wildman–Crippen LogP) is 3.93. The monoisotopic (exact) mass is 335 g/mol. The van der Waals surface area contributed by atoms with E-state index in [1.807, 2.05) is 36.4 Å². The minimum Gasteiger partial charge on any atom is -0.465 e. The van der Waals surface area contributed by atoms with Gasteiger partial charge in [-0.1, -0.05) is 30.3 Å². The summed E-state index contributed by atoms with van der Waals surface area (Å²) in [5, 5.41) is 0. The lowest BCUT2D eigenvalue weighted by molar-refractivity contribution is 0.0601. The zero-order chi connectivity index (χ0) is 17.8. The molecule has 0 saturated carbocycles. The summed E-state index contributed by atoms with van der Waals surface area (Å²) in [6.45, 7) is 5.84. The highest BCUT2D eigenvalue weighted by atomic mass is 16.5. The van der Waals surface area contributed by atoms with Gasteiger partial charge >= 0.3 is 5.97 Å². The highest BCUT2D eigenvalue weighted by Gasteiger charge is 2.16. The third kappa shape index (κ3) is 3.31. The zero-order valence-electron chi connectivity index (χ0n) is 14.7. The number of hydrogen-bond acceptors (Lipinski definition) is 5. The standard InChI is InChI=1S/C20H21N3O2/c1-4-23(5-2)19-18(14-9-7-6-8-10-14)21-16-12-11-15(20(24)25-3)13-17(16)22-19/h6-13H,4-5H2,1-3H3. The van der Waals surface area contributed by atoms with Crippen LogP contribution in [0.5, 0.6) is 0 Å². The van der Waals surface area contributed by atoms with Gasteiger partial charge in [-0.15, -0.1) is 0 Å². The van der Waals surface area contributed by atoms with Crippen LogP contribution in [0.1, 0.15) is 24.2 Å². The molecule has 0 aliphatic carbocycles. The van der Waals surface area contributed by atoms with E-state index in [9.17, 15) is 4.79 Å². The Morgan fingerprint density at radius 1 is 1.00 bits per heavy atom. The molecule has 0 aliphatic heterocycles. The van der Waals surface area contributed by atoms with Crippen molar-refractivity contribution >= 4 is 22.8 Å². The summed E-state index contributed by atoms with van der Waals surface area (Å²) in [4.78, 5) is 23.6. The molecular formula is C20H21N3O2. The lowest BCUT2D eigenvalue weighted by Gasteiger charge is -2.23. The number of benzene rings is 2. The number of ether oxygens (including phenoxy) is 1. The zero-order valence-corrected chi connectivity index (χ0v) is 14.7. The molecule has 0 N–H and O–H groups in total. The second kappa shape index (κ2) is 7.30. The number of anilines is 1. The SMILES string of the molecule is CCN(CC)c1nc2cc(C(=O)OC)ccc2nc1-c1ccccc1. The van der Waals surface area contributed by atoms with Crippen molar-refractivity contribution in [3.63, 3.8) is 0 Å². The first-order valence-corrected chi connectivity index (χ1v) is 8.38. The second-order valence-corrected chi connectivity index (χ2v) is 5.63. The Hall–Kier alpha value is -2.95. The van der Waals surface area contributed by atoms with Crippen molar-refractivity contribution in [2.75, 3.05) is 25.1 Å². The molecule has 5 nitrogen and oxygen atoms in total. The first-order chi connectivity index (χ1) is 12.2. The molecule has 128 valence electrons. The van der Waals surface area contributed by atoms with Gasteiger partial charge in [0.1, 0.15) is 5.69 Å². The third-order valence-corrected chi connectivity index (χ3v) is 4.18. The van der Waals surface area contributed by atoms with Crippen molar-refractivity contribution in [3.05, 3.63) is 54.1 Å². The molecule has 0 unspecified atom stereocenters. The van der Waals surface area contributed by atoms with E-state index in [0.717, 1.165) is 35.7 Å². The average Bonchev–Trinajstić information content (AvgIpc) is 2.68. The Morgan fingerprint density at radius 3 is 2.36 bits per heavy atom. The quantitative estimate of drug-likeness (QED) is 0.661. The molecule has 0 spiro atoms. The number of aromatic nitrogens is 2. The summed E-state index contributed by atoms with van der Waals surface area (Å²) >= 11 is 0. The van der Waals surface area contributed by atoms with E-state index >= 15 is 0 Å². The van der Waals surface area contributed by atoms with Crippen molar-refractivity contribution in [2.45, 2.75) is 13.8 Å². The molecule has 25 heavy (non-hydrogen) atoms. The van der Waals surface area contributed by atoms with E-state index in [1.54, 1.807) is 12.1 Å². The third-order valence-electron chi connectivity index (χ3n) is 4.18. The molecule has 0 atom stereocenters. The van der Waals surface area contributed by atoms with Crippen molar-refractivity contribution in [2.24, 2.45) is 0 Å². The Balaban J connectivity index is 2.23. The number of hydrogen-bond donors (Lipinski definition) is 0. The van der Waals surface area contributed by atoms with Gasteiger partial charge in [-0.2, -0.15) is 0 Å². The highest BCUT2D eigenvalue weighted by molar-refractivity contribution is 5.94. The summed E-state index contributed by atoms with van der Waals surface area (Å²) in [6.07, 6.45) is 0. The molecule has 0 aliphatic rings. The topological polar surface area (TPSA) is 55.3 Å². The van der Waals surface area contributed by atoms with Crippen LogP contribution in [0.2, 0.25) is 0 Å². The van der Waals surface area contributed by atoms with Gasteiger partial charge in [0.2, 0.25) is 0 Å². The number of carbonyl (C=O) groups is 1. The van der Waals surface area contributed by atoms with Crippen molar-refractivity contribution in [3.8, 4) is 11.3 Å². The van der Waals surface area contributed by atoms with Crippen LogP contribution in [0.3, 0.4) is 0 Å². The first-order valence-electron chi connectivity index (χ1n) is 8.38. The van der Waals surface area contributed by atoms with Crippen molar-refractivity contribution < 1.29 is 9.53 Å². The summed E-state index contributed by atoms with van der Waals surface area (Å²) in [7, 11) is 1.37. The van der Waals surface area contributed by atoms with Crippen LogP contribution in [-0.4, -0.2) is 36.1 Å². The Labute approximate surface area is 147 Å². The molecule has 5 heteroatoms. The van der Waals surface area contributed by atoms with Gasteiger partial charge in [0.05, 0.1) is 23.7 Å². The van der Waals surface area contributed by atoms with Crippen LogP contribution in [0.4, 0.5) is 5.82 Å². The maximum Gasteiger partial charge on any atom is 0.337 e. The molecule has 2 aromatic carbocycles. The largest absolute Gasteiger partial charge is 0.465 e. The smallest absolute Gasteiger partial charge is 0.337 e. The number of esters is 1. The Bertz CT molecular complexity index is 890. The predicted molar refractivity (Wildman–Crippen MR) is 99.9 cm³/mol. The molecule has 0 saturated heterocycles. The molecule has 0 radical (unpaired) electrons. The number of carbonyl (C=O) groups excluding carboxylic acids is 1. The first kappa shape index (κ1) is 16.9. The average molecular weight is 335 g/mol. The molecule has 0 amide bonds. The summed E-state index contributed by atoms with van der Waals surface area (Å²) in [5.41, 5.74) is 3.78. The van der Waals surface area contributed by atoms with Crippen LogP contribution in [0.15, 0.2) is 48.5 Å². The van der Waals surface area contributed by atoms with Crippen LogP contribution >= 0.6 is 0 Å². The van der Waals surface area contributed by atoms with Crippen LogP contribution < -0.4 is 4.90 Å². The highest BCUT2D eigenvalue weighted by Crippen LogP contribution is 2.29. The molecular weight excluding hydrogens is 314 g/mol. The number of methoxy groups -OCH3 is 1. The Kier molecular flexibility index (Phi) is 4.93. The van der Waals surface area contributed by atoms with E-state index in [1.165, 1.54) is 7.11 Å². The fraction of sp³-hybridized carbons (Fsp3) is 0.250. The molecule has 1 aromatic heterocycles. The van der Waals surface area contributed by atoms with Gasteiger partial charge in [-0.3, -0.25) is 0 Å². The second-order valence-electron chi connectivity index (χ2n) is 5.63. The minimum absolute atomic E-state index is 0.375. The number of fused-ring (bicyclic) bond motifs is 1. The minimum atomic E-state index is -0.375. The van der Waals surface area contributed by atoms with Crippen molar-refractivity contribution in [1.82, 2.24) is 9.97 Å². The van der Waals surface area contributed by atoms with Gasteiger partial charge in [-0.25, -0.2) is 14.8 Å². The van der Waals surface area contributed by atoms with Gasteiger partial charge in [-0.05, 0) is 32.0 Å². The fourth-order valence-corrected chi connectivity index (χ4v) is 2.82.